The van der Waals surface area contributed by atoms with Gasteiger partial charge in [-0.15, -0.1) is 13.2 Å². The summed E-state index contributed by atoms with van der Waals surface area (Å²) >= 11 is 10.2. The van der Waals surface area contributed by atoms with Crippen LogP contribution in [0.3, 0.4) is 0 Å². The minimum atomic E-state index is -1.27. The molecule has 3 heterocycles. The van der Waals surface area contributed by atoms with Crippen molar-refractivity contribution in [1.29, 1.82) is 0 Å². The Morgan fingerprint density at radius 1 is 1.41 bits per heavy atom. The van der Waals surface area contributed by atoms with E-state index in [0.717, 1.165) is 5.56 Å². The summed E-state index contributed by atoms with van der Waals surface area (Å²) in [5.41, 5.74) is 0.0236. The van der Waals surface area contributed by atoms with Crippen molar-refractivity contribution in [3.63, 3.8) is 0 Å². The van der Waals surface area contributed by atoms with Gasteiger partial charge >= 0.3 is 5.97 Å². The molecule has 0 radical (unpaired) electrons. The molecule has 1 spiro atoms. The van der Waals surface area contributed by atoms with Gasteiger partial charge in [-0.3, -0.25) is 14.4 Å². The number of likely N-dealkylation sites (tertiary alicyclic amines) is 1. The summed E-state index contributed by atoms with van der Waals surface area (Å²) in [6.45, 7) is 10.9. The van der Waals surface area contributed by atoms with Crippen molar-refractivity contribution in [2.45, 2.75) is 55.3 Å². The number of halogens is 2. The number of rotatable bonds is 10. The molecule has 3 saturated heterocycles. The standard InChI is InChI=1S/C27H32BrClN2O6/c1-5-7-12-36-26(35)19-20-24(33)31(16(4)14-32)23(27(20)13-17(28)22(19)37-27)25(34)30(11-6-2)21-15(3)9-8-10-18(21)29/h5-6,8-10,16-17,19-20,22-23,32H,1-2,7,11-14H2,3-4H3/t16-,17?,19-,20+,22-,23?,27?/m1/s1. The maximum Gasteiger partial charge on any atom is 0.312 e. The third-order valence-electron chi connectivity index (χ3n) is 7.57. The highest BCUT2D eigenvalue weighted by molar-refractivity contribution is 9.09. The highest BCUT2D eigenvalue weighted by Gasteiger charge is 2.77. The lowest BCUT2D eigenvalue weighted by molar-refractivity contribution is -0.155. The molecule has 3 unspecified atom stereocenters. The third-order valence-corrected chi connectivity index (χ3v) is 8.72. The van der Waals surface area contributed by atoms with E-state index in [1.165, 1.54) is 9.80 Å². The Hall–Kier alpha value is -2.20. The molecule has 2 amide bonds. The number of carbonyl (C=O) groups is 3. The highest BCUT2D eigenvalue weighted by atomic mass is 79.9. The van der Waals surface area contributed by atoms with Crippen molar-refractivity contribution in [3.05, 3.63) is 54.1 Å². The summed E-state index contributed by atoms with van der Waals surface area (Å²) in [7, 11) is 0. The lowest BCUT2D eigenvalue weighted by atomic mass is 9.70. The lowest BCUT2D eigenvalue weighted by Gasteiger charge is -2.39. The fraction of sp³-hybridized carbons (Fsp3) is 0.519. The Morgan fingerprint density at radius 3 is 2.76 bits per heavy atom. The van der Waals surface area contributed by atoms with Crippen LogP contribution in [0.15, 0.2) is 43.5 Å². The van der Waals surface area contributed by atoms with Gasteiger partial charge in [0.1, 0.15) is 11.6 Å². The second-order valence-corrected chi connectivity index (χ2v) is 11.4. The normalized spacial score (nSPS) is 30.7. The molecule has 1 aromatic carbocycles. The van der Waals surface area contributed by atoms with Gasteiger partial charge in [-0.2, -0.15) is 0 Å². The molecule has 10 heteroatoms. The average Bonchev–Trinajstić information content (AvgIpc) is 3.46. The molecule has 3 fully saturated rings. The predicted octanol–water partition coefficient (Wildman–Crippen LogP) is 3.42. The number of anilines is 1. The number of para-hydroxylation sites is 1. The van der Waals surface area contributed by atoms with Gasteiger partial charge in [0.15, 0.2) is 0 Å². The van der Waals surface area contributed by atoms with Crippen LogP contribution in [0.2, 0.25) is 5.02 Å². The van der Waals surface area contributed by atoms with Crippen molar-refractivity contribution in [3.8, 4) is 0 Å². The Morgan fingerprint density at radius 2 is 2.14 bits per heavy atom. The predicted molar refractivity (Wildman–Crippen MR) is 144 cm³/mol. The van der Waals surface area contributed by atoms with Crippen molar-refractivity contribution < 1.29 is 29.0 Å². The van der Waals surface area contributed by atoms with E-state index in [2.05, 4.69) is 29.1 Å². The maximum atomic E-state index is 14.5. The zero-order chi connectivity index (χ0) is 27.1. The Bertz CT molecular complexity index is 1090. The molecule has 200 valence electrons. The smallest absolute Gasteiger partial charge is 0.312 e. The first-order valence-corrected chi connectivity index (χ1v) is 13.6. The zero-order valence-electron chi connectivity index (χ0n) is 20.9. The lowest BCUT2D eigenvalue weighted by Crippen LogP contribution is -2.59. The number of benzene rings is 1. The van der Waals surface area contributed by atoms with Crippen LogP contribution >= 0.6 is 27.5 Å². The topological polar surface area (TPSA) is 96.4 Å². The largest absolute Gasteiger partial charge is 0.465 e. The maximum absolute atomic E-state index is 14.5. The molecule has 4 rings (SSSR count). The van der Waals surface area contributed by atoms with E-state index in [1.807, 2.05) is 13.0 Å². The molecule has 1 N–H and O–H groups in total. The fourth-order valence-corrected chi connectivity index (χ4v) is 7.32. The van der Waals surface area contributed by atoms with E-state index in [1.54, 1.807) is 31.2 Å². The van der Waals surface area contributed by atoms with Gasteiger partial charge in [-0.1, -0.05) is 51.8 Å². The van der Waals surface area contributed by atoms with Crippen molar-refractivity contribution in [1.82, 2.24) is 4.90 Å². The van der Waals surface area contributed by atoms with Gasteiger partial charge in [0, 0.05) is 11.4 Å². The molecule has 3 aliphatic rings. The first-order chi connectivity index (χ1) is 17.6. The molecule has 1 aromatic rings. The van der Waals surface area contributed by atoms with Gasteiger partial charge in [0.25, 0.3) is 5.91 Å². The Balaban J connectivity index is 1.81. The van der Waals surface area contributed by atoms with E-state index in [4.69, 9.17) is 21.1 Å². The molecular formula is C27H32BrClN2O6. The number of aliphatic hydroxyl groups is 1. The van der Waals surface area contributed by atoms with E-state index in [9.17, 15) is 19.5 Å². The van der Waals surface area contributed by atoms with Gasteiger partial charge in [0.05, 0.1) is 47.9 Å². The number of amides is 2. The molecule has 3 aliphatic heterocycles. The van der Waals surface area contributed by atoms with Crippen LogP contribution < -0.4 is 4.90 Å². The highest BCUT2D eigenvalue weighted by Crippen LogP contribution is 2.60. The average molecular weight is 596 g/mol. The summed E-state index contributed by atoms with van der Waals surface area (Å²) in [5, 5.41) is 10.4. The van der Waals surface area contributed by atoms with Crippen molar-refractivity contribution in [2.24, 2.45) is 11.8 Å². The van der Waals surface area contributed by atoms with Crippen molar-refractivity contribution >= 4 is 51.0 Å². The number of ether oxygens (including phenoxy) is 2. The van der Waals surface area contributed by atoms with Crippen LogP contribution in [0.1, 0.15) is 25.3 Å². The first kappa shape index (κ1) is 27.8. The van der Waals surface area contributed by atoms with Gasteiger partial charge < -0.3 is 24.4 Å². The Kier molecular flexibility index (Phi) is 8.19. The van der Waals surface area contributed by atoms with Gasteiger partial charge in [0.2, 0.25) is 5.91 Å². The minimum absolute atomic E-state index is 0.143. The zero-order valence-corrected chi connectivity index (χ0v) is 23.3. The van der Waals surface area contributed by atoms with E-state index >= 15 is 0 Å². The van der Waals surface area contributed by atoms with Crippen LogP contribution in [0.25, 0.3) is 0 Å². The molecular weight excluding hydrogens is 564 g/mol. The summed E-state index contributed by atoms with van der Waals surface area (Å²) in [5.74, 6) is -3.14. The fourth-order valence-electron chi connectivity index (χ4n) is 6.05. The summed E-state index contributed by atoms with van der Waals surface area (Å²) in [6, 6.07) is 3.57. The number of alkyl halides is 1. The molecule has 7 atom stereocenters. The molecule has 2 bridgehead atoms. The van der Waals surface area contributed by atoms with E-state index in [-0.39, 0.29) is 24.6 Å². The number of hydrogen-bond donors (Lipinski definition) is 1. The van der Waals surface area contributed by atoms with Crippen LogP contribution in [0.5, 0.6) is 0 Å². The third kappa shape index (κ3) is 4.43. The number of aliphatic hydroxyl groups excluding tert-OH is 1. The van der Waals surface area contributed by atoms with Crippen LogP contribution in [0.4, 0.5) is 5.69 Å². The van der Waals surface area contributed by atoms with Gasteiger partial charge in [-0.25, -0.2) is 0 Å². The number of aryl methyl sites for hydroxylation is 1. The molecule has 0 saturated carbocycles. The van der Waals surface area contributed by atoms with Crippen LogP contribution in [-0.4, -0.2) is 76.2 Å². The number of fused-ring (bicyclic) bond motifs is 1. The van der Waals surface area contributed by atoms with Crippen LogP contribution in [0, 0.1) is 18.8 Å². The van der Waals surface area contributed by atoms with Crippen molar-refractivity contribution in [2.75, 3.05) is 24.7 Å². The number of carbonyl (C=O) groups excluding carboxylic acids is 3. The van der Waals surface area contributed by atoms with Crippen LogP contribution in [-0.2, 0) is 23.9 Å². The SMILES string of the molecule is C=CCCOC(=O)[C@H]1[C@@H]2OC3(CC2Br)C(C(=O)N(CC=C)c2c(C)cccc2Cl)N([C@H](C)CO)C(=O)[C@H]13. The number of esters is 1. The molecule has 0 aliphatic carbocycles. The molecule has 8 nitrogen and oxygen atoms in total. The second kappa shape index (κ2) is 10.9. The summed E-state index contributed by atoms with van der Waals surface area (Å²) in [6.07, 6.45) is 3.44. The first-order valence-electron chi connectivity index (χ1n) is 12.3. The van der Waals surface area contributed by atoms with E-state index in [0.29, 0.717) is 23.6 Å². The number of hydrogen-bond acceptors (Lipinski definition) is 6. The van der Waals surface area contributed by atoms with Gasteiger partial charge in [-0.05, 0) is 38.3 Å². The summed E-state index contributed by atoms with van der Waals surface area (Å²) < 4.78 is 11.9. The number of nitrogens with zero attached hydrogens (tertiary/aromatic N) is 2. The monoisotopic (exact) mass is 594 g/mol. The molecule has 0 aromatic heterocycles. The second-order valence-electron chi connectivity index (χ2n) is 9.83. The van der Waals surface area contributed by atoms with E-state index < -0.39 is 53.4 Å². The molecule has 37 heavy (non-hydrogen) atoms. The Labute approximate surface area is 230 Å². The minimum Gasteiger partial charge on any atom is -0.465 e. The quantitative estimate of drug-likeness (QED) is 0.193. The summed E-state index contributed by atoms with van der Waals surface area (Å²) in [4.78, 5) is 44.3.